The number of carbonyl (C=O) groups is 1. The van der Waals surface area contributed by atoms with E-state index in [0.29, 0.717) is 12.5 Å². The monoisotopic (exact) mass is 348 g/mol. The van der Waals surface area contributed by atoms with E-state index in [2.05, 4.69) is 59.6 Å². The first kappa shape index (κ1) is 17.3. The van der Waals surface area contributed by atoms with Crippen molar-refractivity contribution in [2.24, 2.45) is 11.8 Å². The topological polar surface area (TPSA) is 32.3 Å². The van der Waals surface area contributed by atoms with Gasteiger partial charge in [0, 0.05) is 19.0 Å². The number of nitrogens with zero attached hydrogens (tertiary/aromatic N) is 1. The minimum atomic E-state index is 0.202. The zero-order valence-corrected chi connectivity index (χ0v) is 15.6. The summed E-state index contributed by atoms with van der Waals surface area (Å²) in [6.45, 7) is 6.25. The lowest BCUT2D eigenvalue weighted by Gasteiger charge is -2.15. The van der Waals surface area contributed by atoms with Crippen molar-refractivity contribution in [1.29, 1.82) is 0 Å². The van der Waals surface area contributed by atoms with E-state index >= 15 is 0 Å². The van der Waals surface area contributed by atoms with Crippen molar-refractivity contribution in [3.8, 4) is 11.1 Å². The quantitative estimate of drug-likeness (QED) is 0.848. The Morgan fingerprint density at radius 2 is 1.77 bits per heavy atom. The van der Waals surface area contributed by atoms with E-state index in [0.717, 1.165) is 13.0 Å². The highest BCUT2D eigenvalue weighted by molar-refractivity contribution is 5.81. The summed E-state index contributed by atoms with van der Waals surface area (Å²) in [7, 11) is 0. The minimum absolute atomic E-state index is 0.202. The third kappa shape index (κ3) is 3.99. The van der Waals surface area contributed by atoms with Crippen LogP contribution in [-0.4, -0.2) is 23.9 Å². The summed E-state index contributed by atoms with van der Waals surface area (Å²) in [5, 5.41) is 3.12. The second-order valence-electron chi connectivity index (χ2n) is 7.87. The van der Waals surface area contributed by atoms with Crippen LogP contribution in [0.15, 0.2) is 48.5 Å². The molecule has 1 heterocycles. The maximum Gasteiger partial charge on any atom is 0.223 e. The number of carbonyl (C=O) groups excluding carboxylic acids is 1. The molecule has 1 amide bonds. The second kappa shape index (κ2) is 7.63. The minimum Gasteiger partial charge on any atom is -0.352 e. The number of amides is 1. The van der Waals surface area contributed by atoms with Gasteiger partial charge in [-0.1, -0.05) is 55.5 Å². The number of hydrogen-bond acceptors (Lipinski definition) is 2. The smallest absolute Gasteiger partial charge is 0.223 e. The van der Waals surface area contributed by atoms with E-state index in [1.165, 1.54) is 48.2 Å². The predicted octanol–water partition coefficient (Wildman–Crippen LogP) is 4.22. The maximum atomic E-state index is 12.1. The normalized spacial score (nSPS) is 22.3. The Morgan fingerprint density at radius 3 is 2.46 bits per heavy atom. The fourth-order valence-electron chi connectivity index (χ4n) is 3.95. The molecule has 1 saturated heterocycles. The van der Waals surface area contributed by atoms with Crippen LogP contribution in [-0.2, 0) is 17.9 Å². The lowest BCUT2D eigenvalue weighted by molar-refractivity contribution is -0.122. The average Bonchev–Trinajstić information content (AvgIpc) is 3.18. The molecule has 4 rings (SSSR count). The molecule has 1 saturated carbocycles. The highest BCUT2D eigenvalue weighted by Gasteiger charge is 2.38. The van der Waals surface area contributed by atoms with Gasteiger partial charge in [-0.2, -0.15) is 0 Å². The third-order valence-corrected chi connectivity index (χ3v) is 5.79. The van der Waals surface area contributed by atoms with E-state index < -0.39 is 0 Å². The number of benzene rings is 2. The summed E-state index contributed by atoms with van der Waals surface area (Å²) in [6, 6.07) is 17.3. The lowest BCUT2D eigenvalue weighted by atomic mass is 9.98. The molecule has 2 unspecified atom stereocenters. The van der Waals surface area contributed by atoms with Crippen LogP contribution in [0.2, 0.25) is 0 Å². The van der Waals surface area contributed by atoms with Crippen LogP contribution >= 0.6 is 0 Å². The first-order valence-corrected chi connectivity index (χ1v) is 9.88. The van der Waals surface area contributed by atoms with Crippen molar-refractivity contribution in [2.75, 3.05) is 13.1 Å². The molecule has 2 atom stereocenters. The predicted molar refractivity (Wildman–Crippen MR) is 106 cm³/mol. The summed E-state index contributed by atoms with van der Waals surface area (Å²) < 4.78 is 0. The summed E-state index contributed by atoms with van der Waals surface area (Å²) >= 11 is 0. The van der Waals surface area contributed by atoms with Gasteiger partial charge in [0.25, 0.3) is 0 Å². The van der Waals surface area contributed by atoms with Crippen molar-refractivity contribution in [3.05, 3.63) is 59.7 Å². The van der Waals surface area contributed by atoms with Crippen molar-refractivity contribution in [2.45, 2.75) is 39.3 Å². The fraction of sp³-hybridized carbons (Fsp3) is 0.435. The number of nitrogens with one attached hydrogen (secondary N) is 1. The first-order chi connectivity index (χ1) is 12.7. The van der Waals surface area contributed by atoms with Crippen LogP contribution in [0.25, 0.3) is 11.1 Å². The molecule has 2 aromatic carbocycles. The molecular formula is C23H28N2O. The number of rotatable bonds is 6. The van der Waals surface area contributed by atoms with Crippen LogP contribution in [0.1, 0.15) is 37.3 Å². The highest BCUT2D eigenvalue weighted by atomic mass is 16.2. The molecule has 1 N–H and O–H groups in total. The maximum absolute atomic E-state index is 12.1. The van der Waals surface area contributed by atoms with Gasteiger partial charge in [0.1, 0.15) is 0 Å². The largest absolute Gasteiger partial charge is 0.352 e. The Kier molecular flexibility index (Phi) is 5.07. The lowest BCUT2D eigenvalue weighted by Crippen LogP contribution is -2.25. The number of likely N-dealkylation sites (tertiary alicyclic amines) is 1. The molecule has 0 bridgehead atoms. The average molecular weight is 348 g/mol. The molecule has 1 aliphatic carbocycles. The van der Waals surface area contributed by atoms with E-state index in [9.17, 15) is 4.79 Å². The molecule has 26 heavy (non-hydrogen) atoms. The van der Waals surface area contributed by atoms with Gasteiger partial charge in [0.15, 0.2) is 0 Å². The van der Waals surface area contributed by atoms with E-state index in [1.54, 1.807) is 0 Å². The van der Waals surface area contributed by atoms with Crippen molar-refractivity contribution < 1.29 is 4.79 Å². The molecule has 0 aromatic heterocycles. The van der Waals surface area contributed by atoms with Gasteiger partial charge in [0.05, 0.1) is 0 Å². The Balaban J connectivity index is 1.44. The van der Waals surface area contributed by atoms with Crippen LogP contribution in [0.5, 0.6) is 0 Å². The SMILES string of the molecule is CC1CC1C(=O)NCc1ccccc1-c1ccc(CN2CCCC2)cc1. The van der Waals surface area contributed by atoms with Gasteiger partial charge in [-0.05, 0) is 60.5 Å². The van der Waals surface area contributed by atoms with Crippen LogP contribution in [0.3, 0.4) is 0 Å². The Bertz CT molecular complexity index is 762. The van der Waals surface area contributed by atoms with Crippen molar-refractivity contribution >= 4 is 5.91 Å². The summed E-state index contributed by atoms with van der Waals surface area (Å²) in [5.74, 6) is 0.980. The van der Waals surface area contributed by atoms with Gasteiger partial charge >= 0.3 is 0 Å². The Morgan fingerprint density at radius 1 is 1.08 bits per heavy atom. The van der Waals surface area contributed by atoms with Crippen LogP contribution in [0.4, 0.5) is 0 Å². The third-order valence-electron chi connectivity index (χ3n) is 5.79. The molecule has 1 aliphatic heterocycles. The van der Waals surface area contributed by atoms with E-state index in [1.807, 2.05) is 6.07 Å². The van der Waals surface area contributed by atoms with Crippen LogP contribution in [0, 0.1) is 11.8 Å². The first-order valence-electron chi connectivity index (χ1n) is 9.88. The van der Waals surface area contributed by atoms with Crippen LogP contribution < -0.4 is 5.32 Å². The molecular weight excluding hydrogens is 320 g/mol. The van der Waals surface area contributed by atoms with Gasteiger partial charge in [-0.3, -0.25) is 9.69 Å². The Hall–Kier alpha value is -2.13. The molecule has 0 radical (unpaired) electrons. The number of hydrogen-bond donors (Lipinski definition) is 1. The molecule has 2 fully saturated rings. The second-order valence-corrected chi connectivity index (χ2v) is 7.87. The van der Waals surface area contributed by atoms with Crippen molar-refractivity contribution in [1.82, 2.24) is 10.2 Å². The molecule has 3 heteroatoms. The van der Waals surface area contributed by atoms with Gasteiger partial charge in [0.2, 0.25) is 5.91 Å². The summed E-state index contributed by atoms with van der Waals surface area (Å²) in [5.41, 5.74) is 5.00. The molecule has 2 aromatic rings. The zero-order chi connectivity index (χ0) is 17.9. The zero-order valence-electron chi connectivity index (χ0n) is 15.6. The summed E-state index contributed by atoms with van der Waals surface area (Å²) in [4.78, 5) is 14.7. The van der Waals surface area contributed by atoms with Crippen molar-refractivity contribution in [3.63, 3.8) is 0 Å². The van der Waals surface area contributed by atoms with E-state index in [4.69, 9.17) is 0 Å². The van der Waals surface area contributed by atoms with E-state index in [-0.39, 0.29) is 11.8 Å². The molecule has 2 aliphatic rings. The molecule has 0 spiro atoms. The summed E-state index contributed by atoms with van der Waals surface area (Å²) in [6.07, 6.45) is 3.69. The van der Waals surface area contributed by atoms with Gasteiger partial charge in [-0.15, -0.1) is 0 Å². The molecule has 136 valence electrons. The Labute approximate surface area is 156 Å². The fourth-order valence-corrected chi connectivity index (χ4v) is 3.95. The standard InChI is InChI=1S/C23H28N2O/c1-17-14-22(17)23(26)24-15-20-6-2-3-7-21(20)19-10-8-18(9-11-19)16-25-12-4-5-13-25/h2-3,6-11,17,22H,4-5,12-16H2,1H3,(H,24,26). The van der Waals surface area contributed by atoms with Gasteiger partial charge in [-0.25, -0.2) is 0 Å². The van der Waals surface area contributed by atoms with Gasteiger partial charge < -0.3 is 5.32 Å². The molecule has 3 nitrogen and oxygen atoms in total. The highest BCUT2D eigenvalue weighted by Crippen LogP contribution is 2.37.